The first-order valence-electron chi connectivity index (χ1n) is 9.34. The van der Waals surface area contributed by atoms with Gasteiger partial charge in [-0.25, -0.2) is 0 Å². The van der Waals surface area contributed by atoms with Crippen molar-refractivity contribution in [2.24, 2.45) is 29.4 Å². The third-order valence-corrected chi connectivity index (χ3v) is 6.72. The largest absolute Gasteiger partial charge is 0.369 e. The second-order valence-corrected chi connectivity index (χ2v) is 8.72. The molecule has 23 heavy (non-hydrogen) atoms. The molecule has 0 unspecified atom stereocenters. The molecule has 5 fully saturated rings. The fraction of sp³-hybridized carbons (Fsp3) is 0.889. The van der Waals surface area contributed by atoms with Crippen LogP contribution in [0.5, 0.6) is 0 Å². The Morgan fingerprint density at radius 1 is 1.09 bits per heavy atom. The summed E-state index contributed by atoms with van der Waals surface area (Å²) in [4.78, 5) is 26.1. The minimum Gasteiger partial charge on any atom is -0.369 e. The van der Waals surface area contributed by atoms with Gasteiger partial charge in [0.05, 0.1) is 12.5 Å². The fourth-order valence-corrected chi connectivity index (χ4v) is 6.23. The normalized spacial score (nSPS) is 42.6. The first kappa shape index (κ1) is 15.4. The third-order valence-electron chi connectivity index (χ3n) is 6.72. The second kappa shape index (κ2) is 5.76. The number of nitrogens with one attached hydrogen (secondary N) is 1. The van der Waals surface area contributed by atoms with Crippen molar-refractivity contribution in [1.29, 1.82) is 0 Å². The van der Waals surface area contributed by atoms with Crippen molar-refractivity contribution in [3.05, 3.63) is 0 Å². The molecule has 1 saturated heterocycles. The van der Waals surface area contributed by atoms with Gasteiger partial charge in [0.15, 0.2) is 0 Å². The Bertz CT molecular complexity index is 469. The molecule has 0 spiro atoms. The molecule has 4 bridgehead atoms. The molecule has 0 radical (unpaired) electrons. The van der Waals surface area contributed by atoms with Crippen LogP contribution in [0.1, 0.15) is 51.4 Å². The molecule has 2 amide bonds. The van der Waals surface area contributed by atoms with Crippen molar-refractivity contribution >= 4 is 11.8 Å². The lowest BCUT2D eigenvalue weighted by Crippen LogP contribution is -2.61. The van der Waals surface area contributed by atoms with Gasteiger partial charge in [-0.1, -0.05) is 0 Å². The molecule has 4 aliphatic carbocycles. The third kappa shape index (κ3) is 3.12. The molecular formula is C18H29N3O2. The summed E-state index contributed by atoms with van der Waals surface area (Å²) in [7, 11) is 0. The Hall–Kier alpha value is -1.10. The molecular weight excluding hydrogens is 290 g/mol. The number of hydrogen-bond acceptors (Lipinski definition) is 3. The summed E-state index contributed by atoms with van der Waals surface area (Å²) >= 11 is 0. The van der Waals surface area contributed by atoms with Crippen LogP contribution in [0.15, 0.2) is 0 Å². The number of carbonyl (C=O) groups excluding carboxylic acids is 2. The Morgan fingerprint density at radius 3 is 2.26 bits per heavy atom. The van der Waals surface area contributed by atoms with Crippen LogP contribution in [-0.4, -0.2) is 41.9 Å². The van der Waals surface area contributed by atoms with Gasteiger partial charge >= 0.3 is 0 Å². The van der Waals surface area contributed by atoms with Crippen LogP contribution in [0.25, 0.3) is 0 Å². The van der Waals surface area contributed by atoms with Crippen molar-refractivity contribution in [1.82, 2.24) is 10.2 Å². The molecule has 3 N–H and O–H groups in total. The van der Waals surface area contributed by atoms with Crippen molar-refractivity contribution in [3.63, 3.8) is 0 Å². The maximum atomic E-state index is 12.6. The zero-order valence-electron chi connectivity index (χ0n) is 13.9. The first-order valence-corrected chi connectivity index (χ1v) is 9.34. The van der Waals surface area contributed by atoms with Gasteiger partial charge in [-0.05, 0) is 75.7 Å². The number of carbonyl (C=O) groups is 2. The van der Waals surface area contributed by atoms with Gasteiger partial charge in [-0.3, -0.25) is 14.5 Å². The number of primary amides is 1. The highest BCUT2D eigenvalue weighted by molar-refractivity contribution is 5.79. The molecule has 0 aromatic heterocycles. The molecule has 5 heteroatoms. The van der Waals surface area contributed by atoms with E-state index in [-0.39, 0.29) is 23.3 Å². The van der Waals surface area contributed by atoms with Gasteiger partial charge in [0, 0.05) is 12.1 Å². The topological polar surface area (TPSA) is 75.4 Å². The quantitative estimate of drug-likeness (QED) is 0.819. The smallest absolute Gasteiger partial charge is 0.234 e. The van der Waals surface area contributed by atoms with E-state index in [9.17, 15) is 9.59 Å². The summed E-state index contributed by atoms with van der Waals surface area (Å²) in [6, 6.07) is 0. The highest BCUT2D eigenvalue weighted by atomic mass is 16.2. The maximum absolute atomic E-state index is 12.6. The number of hydrogen-bond donors (Lipinski definition) is 2. The number of rotatable bonds is 4. The summed E-state index contributed by atoms with van der Waals surface area (Å²) in [5.41, 5.74) is 5.52. The van der Waals surface area contributed by atoms with Crippen LogP contribution in [0.3, 0.4) is 0 Å². The Balaban J connectivity index is 1.34. The van der Waals surface area contributed by atoms with E-state index in [0.717, 1.165) is 37.1 Å². The lowest BCUT2D eigenvalue weighted by molar-refractivity contribution is -0.130. The van der Waals surface area contributed by atoms with Crippen LogP contribution in [0.2, 0.25) is 0 Å². The minimum absolute atomic E-state index is 0.0869. The van der Waals surface area contributed by atoms with E-state index in [0.29, 0.717) is 13.1 Å². The van der Waals surface area contributed by atoms with Gasteiger partial charge in [0.1, 0.15) is 0 Å². The summed E-state index contributed by atoms with van der Waals surface area (Å²) < 4.78 is 0. The van der Waals surface area contributed by atoms with E-state index in [2.05, 4.69) is 10.2 Å². The van der Waals surface area contributed by atoms with E-state index >= 15 is 0 Å². The van der Waals surface area contributed by atoms with Gasteiger partial charge in [-0.2, -0.15) is 0 Å². The summed E-state index contributed by atoms with van der Waals surface area (Å²) in [6.45, 7) is 1.97. The molecule has 5 rings (SSSR count). The fourth-order valence-electron chi connectivity index (χ4n) is 6.23. The van der Waals surface area contributed by atoms with E-state index in [1.165, 1.54) is 38.5 Å². The monoisotopic (exact) mass is 319 g/mol. The number of piperidine rings is 1. The average Bonchev–Trinajstić information content (AvgIpc) is 2.45. The van der Waals surface area contributed by atoms with Crippen LogP contribution in [-0.2, 0) is 9.59 Å². The van der Waals surface area contributed by atoms with E-state index in [1.54, 1.807) is 0 Å². The standard InChI is InChI=1S/C18H29N3O2/c19-17(23)15-2-1-3-21(10-15)11-16(22)20-18-7-12-4-13(8-18)6-14(5-12)9-18/h12-15H,1-11H2,(H2,19,23)(H,20,22)/t12?,13?,14?,15-,18?/m1/s1. The second-order valence-electron chi connectivity index (χ2n) is 8.72. The maximum Gasteiger partial charge on any atom is 0.234 e. The highest BCUT2D eigenvalue weighted by Crippen LogP contribution is 2.55. The van der Waals surface area contributed by atoms with Crippen molar-refractivity contribution in [3.8, 4) is 0 Å². The molecule has 4 saturated carbocycles. The predicted octanol–water partition coefficient (Wildman–Crippen LogP) is 1.27. The average molecular weight is 319 g/mol. The molecule has 1 heterocycles. The summed E-state index contributed by atoms with van der Waals surface area (Å²) in [6.07, 6.45) is 9.56. The zero-order valence-corrected chi connectivity index (χ0v) is 13.9. The summed E-state index contributed by atoms with van der Waals surface area (Å²) in [5, 5.41) is 3.42. The molecule has 1 atom stereocenters. The number of likely N-dealkylation sites (tertiary alicyclic amines) is 1. The van der Waals surface area contributed by atoms with E-state index in [1.807, 2.05) is 0 Å². The Morgan fingerprint density at radius 2 is 1.70 bits per heavy atom. The lowest BCUT2D eigenvalue weighted by atomic mass is 9.53. The van der Waals surface area contributed by atoms with E-state index < -0.39 is 0 Å². The zero-order chi connectivity index (χ0) is 16.0. The molecule has 0 aromatic carbocycles. The summed E-state index contributed by atoms with van der Waals surface area (Å²) in [5.74, 6) is 2.37. The van der Waals surface area contributed by atoms with Gasteiger partial charge in [0.2, 0.25) is 11.8 Å². The van der Waals surface area contributed by atoms with Gasteiger partial charge < -0.3 is 11.1 Å². The molecule has 0 aromatic rings. The van der Waals surface area contributed by atoms with Crippen molar-refractivity contribution in [2.75, 3.05) is 19.6 Å². The first-order chi connectivity index (χ1) is 11.0. The van der Waals surface area contributed by atoms with Crippen LogP contribution in [0, 0.1) is 23.7 Å². The molecule has 1 aliphatic heterocycles. The van der Waals surface area contributed by atoms with Gasteiger partial charge in [-0.15, -0.1) is 0 Å². The van der Waals surface area contributed by atoms with E-state index in [4.69, 9.17) is 5.73 Å². The lowest BCUT2D eigenvalue weighted by Gasteiger charge is -2.57. The predicted molar refractivity (Wildman–Crippen MR) is 87.4 cm³/mol. The Kier molecular flexibility index (Phi) is 3.87. The minimum atomic E-state index is -0.226. The number of amides is 2. The van der Waals surface area contributed by atoms with Crippen LogP contribution < -0.4 is 11.1 Å². The molecule has 128 valence electrons. The van der Waals surface area contributed by atoms with Crippen LogP contribution in [0.4, 0.5) is 0 Å². The van der Waals surface area contributed by atoms with Crippen molar-refractivity contribution < 1.29 is 9.59 Å². The highest BCUT2D eigenvalue weighted by Gasteiger charge is 2.51. The van der Waals surface area contributed by atoms with Crippen LogP contribution >= 0.6 is 0 Å². The number of nitrogens with zero attached hydrogens (tertiary/aromatic N) is 1. The SMILES string of the molecule is NC(=O)[C@@H]1CCCN(CC(=O)NC23CC4CC(CC(C4)C2)C3)C1. The number of nitrogens with two attached hydrogens (primary N) is 1. The van der Waals surface area contributed by atoms with Crippen molar-refractivity contribution in [2.45, 2.75) is 56.9 Å². The molecule has 5 nitrogen and oxygen atoms in total. The molecule has 5 aliphatic rings. The van der Waals surface area contributed by atoms with Gasteiger partial charge in [0.25, 0.3) is 0 Å². The Labute approximate surface area is 138 Å².